The second-order valence-corrected chi connectivity index (χ2v) is 5.37. The standard InChI is InChI=1S/C9H18N4O2S/c1-4-7(5-2)12-16(14,15)8-6-13(3)11-9(8)10/h6-7,12H,4-5H2,1-3H3,(H2,10,11). The van der Waals surface area contributed by atoms with Gasteiger partial charge < -0.3 is 5.73 Å². The van der Waals surface area contributed by atoms with E-state index in [1.807, 2.05) is 13.8 Å². The summed E-state index contributed by atoms with van der Waals surface area (Å²) in [6.07, 6.45) is 2.89. The quantitative estimate of drug-likeness (QED) is 0.790. The van der Waals surface area contributed by atoms with E-state index in [-0.39, 0.29) is 16.8 Å². The van der Waals surface area contributed by atoms with Gasteiger partial charge in [-0.3, -0.25) is 4.68 Å². The monoisotopic (exact) mass is 246 g/mol. The summed E-state index contributed by atoms with van der Waals surface area (Å²) in [4.78, 5) is 0.0434. The number of hydrogen-bond donors (Lipinski definition) is 2. The number of aryl methyl sites for hydroxylation is 1. The summed E-state index contributed by atoms with van der Waals surface area (Å²) >= 11 is 0. The molecule has 0 aliphatic carbocycles. The molecule has 1 rings (SSSR count). The van der Waals surface area contributed by atoms with Crippen molar-refractivity contribution in [1.29, 1.82) is 0 Å². The lowest BCUT2D eigenvalue weighted by Crippen LogP contribution is -2.34. The highest BCUT2D eigenvalue weighted by molar-refractivity contribution is 7.89. The number of sulfonamides is 1. The Hall–Kier alpha value is -1.08. The van der Waals surface area contributed by atoms with Gasteiger partial charge in [-0.25, -0.2) is 13.1 Å². The molecular weight excluding hydrogens is 228 g/mol. The van der Waals surface area contributed by atoms with Crippen molar-refractivity contribution in [2.75, 3.05) is 5.73 Å². The molecule has 0 fully saturated rings. The summed E-state index contributed by atoms with van der Waals surface area (Å²) in [5.74, 6) is 0.0287. The van der Waals surface area contributed by atoms with Crippen molar-refractivity contribution in [3.8, 4) is 0 Å². The summed E-state index contributed by atoms with van der Waals surface area (Å²) in [5.41, 5.74) is 5.54. The van der Waals surface area contributed by atoms with Gasteiger partial charge in [-0.05, 0) is 12.8 Å². The van der Waals surface area contributed by atoms with E-state index in [9.17, 15) is 8.42 Å². The molecule has 0 saturated heterocycles. The number of rotatable bonds is 5. The van der Waals surface area contributed by atoms with Crippen LogP contribution in [0.3, 0.4) is 0 Å². The Balaban J connectivity index is 2.98. The molecule has 7 heteroatoms. The number of anilines is 1. The van der Waals surface area contributed by atoms with Crippen LogP contribution in [0.15, 0.2) is 11.1 Å². The fourth-order valence-corrected chi connectivity index (χ4v) is 2.94. The third-order valence-electron chi connectivity index (χ3n) is 2.42. The van der Waals surface area contributed by atoms with Gasteiger partial charge in [0.05, 0.1) is 0 Å². The topological polar surface area (TPSA) is 90.0 Å². The minimum Gasteiger partial charge on any atom is -0.381 e. The Labute approximate surface area is 95.9 Å². The lowest BCUT2D eigenvalue weighted by atomic mass is 10.2. The zero-order valence-electron chi connectivity index (χ0n) is 9.77. The van der Waals surface area contributed by atoms with E-state index in [0.717, 1.165) is 12.8 Å². The number of nitrogens with two attached hydrogens (primary N) is 1. The van der Waals surface area contributed by atoms with Gasteiger partial charge in [0.2, 0.25) is 10.0 Å². The maximum absolute atomic E-state index is 12.0. The second-order valence-electron chi connectivity index (χ2n) is 3.69. The zero-order valence-corrected chi connectivity index (χ0v) is 10.6. The molecular formula is C9H18N4O2S. The average Bonchev–Trinajstić information content (AvgIpc) is 2.55. The summed E-state index contributed by atoms with van der Waals surface area (Å²) in [6.45, 7) is 3.87. The molecule has 1 aromatic rings. The Bertz CT molecular complexity index is 448. The number of nitrogens with one attached hydrogen (secondary N) is 1. The number of nitrogens with zero attached hydrogens (tertiary/aromatic N) is 2. The lowest BCUT2D eigenvalue weighted by Gasteiger charge is -2.14. The second kappa shape index (κ2) is 4.84. The van der Waals surface area contributed by atoms with Gasteiger partial charge in [-0.1, -0.05) is 13.8 Å². The maximum atomic E-state index is 12.0. The Kier molecular flexibility index (Phi) is 3.93. The molecule has 0 amide bonds. The van der Waals surface area contributed by atoms with E-state index in [1.54, 1.807) is 7.05 Å². The smallest absolute Gasteiger partial charge is 0.246 e. The van der Waals surface area contributed by atoms with Crippen LogP contribution in [0, 0.1) is 0 Å². The van der Waals surface area contributed by atoms with Crippen molar-refractivity contribution < 1.29 is 8.42 Å². The fourth-order valence-electron chi connectivity index (χ4n) is 1.43. The summed E-state index contributed by atoms with van der Waals surface area (Å²) in [5, 5.41) is 3.81. The van der Waals surface area contributed by atoms with E-state index >= 15 is 0 Å². The first-order valence-corrected chi connectivity index (χ1v) is 6.70. The molecule has 16 heavy (non-hydrogen) atoms. The molecule has 0 spiro atoms. The third kappa shape index (κ3) is 2.73. The minimum atomic E-state index is -3.55. The third-order valence-corrected chi connectivity index (χ3v) is 3.96. The molecule has 0 aliphatic rings. The number of aromatic nitrogens is 2. The van der Waals surface area contributed by atoms with Crippen LogP contribution < -0.4 is 10.5 Å². The van der Waals surface area contributed by atoms with Gasteiger partial charge >= 0.3 is 0 Å². The van der Waals surface area contributed by atoms with Crippen molar-refractivity contribution in [3.05, 3.63) is 6.20 Å². The highest BCUT2D eigenvalue weighted by Crippen LogP contribution is 2.16. The van der Waals surface area contributed by atoms with E-state index in [1.165, 1.54) is 10.9 Å². The Morgan fingerprint density at radius 1 is 1.50 bits per heavy atom. The predicted octanol–water partition coefficient (Wildman–Crippen LogP) is 0.469. The van der Waals surface area contributed by atoms with Crippen LogP contribution in [0.25, 0.3) is 0 Å². The summed E-state index contributed by atoms with van der Waals surface area (Å²) < 4.78 is 27.9. The van der Waals surface area contributed by atoms with Crippen molar-refractivity contribution in [3.63, 3.8) is 0 Å². The predicted molar refractivity (Wildman–Crippen MR) is 62.3 cm³/mol. The molecule has 92 valence electrons. The molecule has 0 bridgehead atoms. The van der Waals surface area contributed by atoms with Gasteiger partial charge in [-0.15, -0.1) is 0 Å². The normalized spacial score (nSPS) is 12.2. The van der Waals surface area contributed by atoms with Crippen LogP contribution in [0.4, 0.5) is 5.82 Å². The van der Waals surface area contributed by atoms with E-state index in [2.05, 4.69) is 9.82 Å². The molecule has 0 atom stereocenters. The van der Waals surface area contributed by atoms with Gasteiger partial charge in [0.1, 0.15) is 4.90 Å². The van der Waals surface area contributed by atoms with E-state index in [0.29, 0.717) is 0 Å². The van der Waals surface area contributed by atoms with Crippen LogP contribution in [-0.2, 0) is 17.1 Å². The highest BCUT2D eigenvalue weighted by Gasteiger charge is 2.22. The molecule has 1 aromatic heterocycles. The van der Waals surface area contributed by atoms with Crippen molar-refractivity contribution in [1.82, 2.24) is 14.5 Å². The summed E-state index contributed by atoms with van der Waals surface area (Å²) in [6, 6.07) is -0.0652. The van der Waals surface area contributed by atoms with Crippen molar-refractivity contribution >= 4 is 15.8 Å². The van der Waals surface area contributed by atoms with Crippen molar-refractivity contribution in [2.45, 2.75) is 37.6 Å². The molecule has 1 heterocycles. The highest BCUT2D eigenvalue weighted by atomic mass is 32.2. The molecule has 3 N–H and O–H groups in total. The molecule has 6 nitrogen and oxygen atoms in total. The fraction of sp³-hybridized carbons (Fsp3) is 0.667. The van der Waals surface area contributed by atoms with Gasteiger partial charge in [0.25, 0.3) is 0 Å². The average molecular weight is 246 g/mol. The van der Waals surface area contributed by atoms with E-state index in [4.69, 9.17) is 5.73 Å². The van der Waals surface area contributed by atoms with Gasteiger partial charge in [0.15, 0.2) is 5.82 Å². The first kappa shape index (κ1) is 13.0. The van der Waals surface area contributed by atoms with Crippen LogP contribution >= 0.6 is 0 Å². The molecule has 0 radical (unpaired) electrons. The van der Waals surface area contributed by atoms with Crippen LogP contribution in [-0.4, -0.2) is 24.2 Å². The maximum Gasteiger partial charge on any atom is 0.246 e. The Morgan fingerprint density at radius 3 is 2.44 bits per heavy atom. The molecule has 0 saturated carbocycles. The first-order valence-electron chi connectivity index (χ1n) is 5.22. The number of nitrogen functional groups attached to an aromatic ring is 1. The first-order chi connectivity index (χ1) is 7.40. The van der Waals surface area contributed by atoms with Crippen molar-refractivity contribution in [2.24, 2.45) is 7.05 Å². The molecule has 0 aromatic carbocycles. The van der Waals surface area contributed by atoms with Crippen LogP contribution in [0.5, 0.6) is 0 Å². The summed E-state index contributed by atoms with van der Waals surface area (Å²) in [7, 11) is -1.92. The Morgan fingerprint density at radius 2 is 2.06 bits per heavy atom. The minimum absolute atomic E-state index is 0.0287. The largest absolute Gasteiger partial charge is 0.381 e. The van der Waals surface area contributed by atoms with Gasteiger partial charge in [-0.2, -0.15) is 5.10 Å². The molecule has 0 unspecified atom stereocenters. The van der Waals surface area contributed by atoms with Crippen LogP contribution in [0.1, 0.15) is 26.7 Å². The van der Waals surface area contributed by atoms with Gasteiger partial charge in [0, 0.05) is 19.3 Å². The zero-order chi connectivity index (χ0) is 12.3. The SMILES string of the molecule is CCC(CC)NS(=O)(=O)c1cn(C)nc1N. The lowest BCUT2D eigenvalue weighted by molar-refractivity contribution is 0.530. The van der Waals surface area contributed by atoms with Crippen LogP contribution in [0.2, 0.25) is 0 Å². The number of hydrogen-bond acceptors (Lipinski definition) is 4. The molecule has 0 aliphatic heterocycles. The van der Waals surface area contributed by atoms with E-state index < -0.39 is 10.0 Å².